The molecule has 27 heavy (non-hydrogen) atoms. The molecule has 4 N–H and O–H groups in total. The standard InChI is InChI=1S/C22H22N2O2S/c1-12(11-23)13(2)14-3-5-15(6-4-14)19-18(25)8-7-17-20(19)16-9-10-27-21(16)22(26)24-17/h3-10,12-13,25H,11,23H2,1-2H3,(H,24,26). The number of pyridine rings is 1. The first-order chi connectivity index (χ1) is 13.0. The first-order valence-electron chi connectivity index (χ1n) is 9.06. The average Bonchev–Trinajstić information content (AvgIpc) is 3.18. The van der Waals surface area contributed by atoms with Crippen LogP contribution in [0.1, 0.15) is 25.3 Å². The molecule has 0 fully saturated rings. The van der Waals surface area contributed by atoms with Crippen molar-refractivity contribution >= 4 is 32.3 Å². The van der Waals surface area contributed by atoms with Crippen molar-refractivity contribution in [2.45, 2.75) is 19.8 Å². The number of nitrogens with two attached hydrogens (primary N) is 1. The van der Waals surface area contributed by atoms with Gasteiger partial charge in [-0.3, -0.25) is 4.79 Å². The topological polar surface area (TPSA) is 79.1 Å². The third-order valence-electron chi connectivity index (χ3n) is 5.52. The quantitative estimate of drug-likeness (QED) is 0.477. The van der Waals surface area contributed by atoms with Gasteiger partial charge in [0, 0.05) is 21.9 Å². The molecular formula is C22H22N2O2S. The van der Waals surface area contributed by atoms with Crippen LogP contribution in [0.25, 0.3) is 32.1 Å². The maximum atomic E-state index is 12.3. The van der Waals surface area contributed by atoms with Gasteiger partial charge in [0.15, 0.2) is 0 Å². The number of phenolic OH excluding ortho intramolecular Hbond substituents is 1. The Hall–Kier alpha value is -2.63. The molecule has 138 valence electrons. The van der Waals surface area contributed by atoms with Gasteiger partial charge in [-0.1, -0.05) is 38.1 Å². The number of hydrogen-bond donors (Lipinski definition) is 3. The van der Waals surface area contributed by atoms with E-state index in [9.17, 15) is 9.90 Å². The summed E-state index contributed by atoms with van der Waals surface area (Å²) in [5.41, 5.74) is 9.34. The maximum Gasteiger partial charge on any atom is 0.266 e. The Bertz CT molecular complexity index is 1170. The highest BCUT2D eigenvalue weighted by molar-refractivity contribution is 7.17. The Morgan fingerprint density at radius 3 is 2.56 bits per heavy atom. The van der Waals surface area contributed by atoms with E-state index in [1.54, 1.807) is 12.1 Å². The van der Waals surface area contributed by atoms with E-state index in [4.69, 9.17) is 5.73 Å². The van der Waals surface area contributed by atoms with E-state index in [-0.39, 0.29) is 11.3 Å². The Labute approximate surface area is 161 Å². The smallest absolute Gasteiger partial charge is 0.266 e. The second-order valence-electron chi connectivity index (χ2n) is 7.12. The summed E-state index contributed by atoms with van der Waals surface area (Å²) < 4.78 is 0.677. The molecule has 4 rings (SSSR count). The summed E-state index contributed by atoms with van der Waals surface area (Å²) in [5, 5.41) is 14.3. The molecule has 5 heteroatoms. The van der Waals surface area contributed by atoms with Gasteiger partial charge in [0.05, 0.1) is 0 Å². The molecule has 0 saturated carbocycles. The van der Waals surface area contributed by atoms with E-state index in [2.05, 4.69) is 31.0 Å². The summed E-state index contributed by atoms with van der Waals surface area (Å²) in [4.78, 5) is 15.2. The zero-order valence-electron chi connectivity index (χ0n) is 15.3. The Morgan fingerprint density at radius 2 is 1.85 bits per heavy atom. The van der Waals surface area contributed by atoms with E-state index in [1.165, 1.54) is 16.9 Å². The molecule has 0 aliphatic carbocycles. The van der Waals surface area contributed by atoms with E-state index >= 15 is 0 Å². The SMILES string of the molecule is CC(CN)C(C)c1ccc(-c2c(O)ccc3[nH]c(=O)c4sccc4c23)cc1. The Kier molecular flexibility index (Phi) is 4.50. The molecule has 0 radical (unpaired) electrons. The molecule has 0 spiro atoms. The minimum absolute atomic E-state index is 0.0934. The molecule has 4 nitrogen and oxygen atoms in total. The lowest BCUT2D eigenvalue weighted by Crippen LogP contribution is -2.16. The maximum absolute atomic E-state index is 12.3. The number of rotatable bonds is 4. The van der Waals surface area contributed by atoms with Gasteiger partial charge in [0.2, 0.25) is 0 Å². The summed E-state index contributed by atoms with van der Waals surface area (Å²) in [6.07, 6.45) is 0. The number of phenols is 1. The van der Waals surface area contributed by atoms with Gasteiger partial charge in [-0.25, -0.2) is 0 Å². The van der Waals surface area contributed by atoms with Crippen LogP contribution in [-0.4, -0.2) is 16.6 Å². The van der Waals surface area contributed by atoms with Crippen molar-refractivity contribution in [1.29, 1.82) is 0 Å². The lowest BCUT2D eigenvalue weighted by molar-refractivity contribution is 0.478. The van der Waals surface area contributed by atoms with Crippen molar-refractivity contribution in [1.82, 2.24) is 4.98 Å². The van der Waals surface area contributed by atoms with Gasteiger partial charge >= 0.3 is 0 Å². The number of hydrogen-bond acceptors (Lipinski definition) is 4. The van der Waals surface area contributed by atoms with Crippen molar-refractivity contribution in [2.24, 2.45) is 11.7 Å². The first-order valence-corrected chi connectivity index (χ1v) is 9.94. The number of benzene rings is 2. The van der Waals surface area contributed by atoms with Gasteiger partial charge < -0.3 is 15.8 Å². The molecule has 2 heterocycles. The molecule has 0 amide bonds. The van der Waals surface area contributed by atoms with E-state index < -0.39 is 0 Å². The van der Waals surface area contributed by atoms with Crippen molar-refractivity contribution < 1.29 is 5.11 Å². The number of fused-ring (bicyclic) bond motifs is 3. The number of aromatic amines is 1. The van der Waals surface area contributed by atoms with Gasteiger partial charge in [0.1, 0.15) is 10.4 Å². The number of H-pyrrole nitrogens is 1. The summed E-state index contributed by atoms with van der Waals surface area (Å²) in [6.45, 7) is 4.98. The number of aromatic hydroxyl groups is 1. The second-order valence-corrected chi connectivity index (χ2v) is 8.04. The number of aromatic nitrogens is 1. The summed E-state index contributed by atoms with van der Waals surface area (Å²) >= 11 is 1.41. The minimum Gasteiger partial charge on any atom is -0.507 e. The van der Waals surface area contributed by atoms with Crippen LogP contribution >= 0.6 is 11.3 Å². The van der Waals surface area contributed by atoms with Crippen LogP contribution in [0.5, 0.6) is 5.75 Å². The Morgan fingerprint density at radius 1 is 1.11 bits per heavy atom. The molecule has 0 aliphatic rings. The fourth-order valence-electron chi connectivity index (χ4n) is 3.61. The molecule has 4 aromatic rings. The highest BCUT2D eigenvalue weighted by atomic mass is 32.1. The molecule has 0 saturated heterocycles. The van der Waals surface area contributed by atoms with E-state index in [0.717, 1.165) is 27.4 Å². The first kappa shape index (κ1) is 17.8. The summed E-state index contributed by atoms with van der Waals surface area (Å²) in [5.74, 6) is 0.973. The van der Waals surface area contributed by atoms with Gasteiger partial charge in [-0.2, -0.15) is 0 Å². The summed E-state index contributed by atoms with van der Waals surface area (Å²) in [7, 11) is 0. The monoisotopic (exact) mass is 378 g/mol. The van der Waals surface area contributed by atoms with Crippen LogP contribution in [0.4, 0.5) is 0 Å². The van der Waals surface area contributed by atoms with Crippen molar-refractivity contribution in [3.8, 4) is 16.9 Å². The molecular weight excluding hydrogens is 356 g/mol. The van der Waals surface area contributed by atoms with Crippen LogP contribution < -0.4 is 11.3 Å². The zero-order valence-corrected chi connectivity index (χ0v) is 16.1. The van der Waals surface area contributed by atoms with E-state index in [0.29, 0.717) is 23.1 Å². The lowest BCUT2D eigenvalue weighted by Gasteiger charge is -2.19. The minimum atomic E-state index is -0.0934. The highest BCUT2D eigenvalue weighted by Gasteiger charge is 2.17. The molecule has 2 aromatic heterocycles. The van der Waals surface area contributed by atoms with E-state index in [1.807, 2.05) is 23.6 Å². The van der Waals surface area contributed by atoms with Crippen LogP contribution in [0.15, 0.2) is 52.6 Å². The van der Waals surface area contributed by atoms with Crippen LogP contribution in [0, 0.1) is 5.92 Å². The average molecular weight is 378 g/mol. The zero-order chi connectivity index (χ0) is 19.1. The Balaban J connectivity index is 1.92. The molecule has 0 aliphatic heterocycles. The number of thiophene rings is 1. The molecule has 2 unspecified atom stereocenters. The van der Waals surface area contributed by atoms with Crippen molar-refractivity contribution in [3.05, 3.63) is 63.8 Å². The molecule has 2 aromatic carbocycles. The molecule has 0 bridgehead atoms. The van der Waals surface area contributed by atoms with Crippen LogP contribution in [0.3, 0.4) is 0 Å². The predicted octanol–water partition coefficient (Wildman–Crippen LogP) is 4.81. The fourth-order valence-corrected chi connectivity index (χ4v) is 4.41. The van der Waals surface area contributed by atoms with Crippen LogP contribution in [0.2, 0.25) is 0 Å². The van der Waals surface area contributed by atoms with Gasteiger partial charge in [-0.15, -0.1) is 11.3 Å². The highest BCUT2D eigenvalue weighted by Crippen LogP contribution is 2.40. The third-order valence-corrected chi connectivity index (χ3v) is 6.44. The lowest BCUT2D eigenvalue weighted by atomic mass is 9.87. The van der Waals surface area contributed by atoms with Crippen LogP contribution in [-0.2, 0) is 0 Å². The largest absolute Gasteiger partial charge is 0.507 e. The second kappa shape index (κ2) is 6.83. The van der Waals surface area contributed by atoms with Gasteiger partial charge in [-0.05, 0) is 53.1 Å². The predicted molar refractivity (Wildman–Crippen MR) is 114 cm³/mol. The number of nitrogens with one attached hydrogen (secondary N) is 1. The summed E-state index contributed by atoms with van der Waals surface area (Å²) in [6, 6.07) is 13.6. The normalized spacial score (nSPS) is 13.9. The third kappa shape index (κ3) is 2.93. The van der Waals surface area contributed by atoms with Crippen molar-refractivity contribution in [2.75, 3.05) is 6.54 Å². The van der Waals surface area contributed by atoms with Gasteiger partial charge in [0.25, 0.3) is 5.56 Å². The molecule has 2 atom stereocenters. The fraction of sp³-hybridized carbons (Fsp3) is 0.227. The van der Waals surface area contributed by atoms with Crippen molar-refractivity contribution in [3.63, 3.8) is 0 Å².